The van der Waals surface area contributed by atoms with E-state index in [0.29, 0.717) is 5.69 Å². The van der Waals surface area contributed by atoms with Crippen LogP contribution in [0.5, 0.6) is 0 Å². The SMILES string of the molecule is C[C@H]1O[C@H](C(=O)O)CN1c1ccc([N+](=O)[O-])c(Cl)c1. The van der Waals surface area contributed by atoms with Crippen LogP contribution in [-0.2, 0) is 9.53 Å². The number of benzene rings is 1. The summed E-state index contributed by atoms with van der Waals surface area (Å²) in [5, 5.41) is 19.6. The van der Waals surface area contributed by atoms with Crippen molar-refractivity contribution in [2.45, 2.75) is 19.3 Å². The maximum absolute atomic E-state index is 10.9. The zero-order chi connectivity index (χ0) is 14.2. The Balaban J connectivity index is 2.26. The van der Waals surface area contributed by atoms with E-state index >= 15 is 0 Å². The second kappa shape index (κ2) is 5.02. The Morgan fingerprint density at radius 3 is 2.79 bits per heavy atom. The minimum Gasteiger partial charge on any atom is -0.479 e. The van der Waals surface area contributed by atoms with Crippen molar-refractivity contribution >= 4 is 28.9 Å². The highest BCUT2D eigenvalue weighted by Crippen LogP contribution is 2.32. The van der Waals surface area contributed by atoms with E-state index in [2.05, 4.69) is 0 Å². The average molecular weight is 287 g/mol. The van der Waals surface area contributed by atoms with Gasteiger partial charge in [0.1, 0.15) is 11.3 Å². The molecule has 0 radical (unpaired) electrons. The molecular weight excluding hydrogens is 276 g/mol. The molecule has 102 valence electrons. The number of hydrogen-bond donors (Lipinski definition) is 1. The number of rotatable bonds is 3. The molecule has 0 spiro atoms. The summed E-state index contributed by atoms with van der Waals surface area (Å²) in [6, 6.07) is 4.25. The molecule has 0 amide bonds. The van der Waals surface area contributed by atoms with Crippen LogP contribution >= 0.6 is 11.6 Å². The van der Waals surface area contributed by atoms with Crippen molar-refractivity contribution in [2.75, 3.05) is 11.4 Å². The lowest BCUT2D eigenvalue weighted by atomic mass is 10.2. The van der Waals surface area contributed by atoms with Crippen molar-refractivity contribution < 1.29 is 19.6 Å². The number of nitro benzene ring substituents is 1. The number of carbonyl (C=O) groups is 1. The number of carboxylic acid groups (broad SMARTS) is 1. The van der Waals surface area contributed by atoms with Gasteiger partial charge in [0.15, 0.2) is 6.10 Å². The van der Waals surface area contributed by atoms with E-state index in [1.807, 2.05) is 0 Å². The highest BCUT2D eigenvalue weighted by Gasteiger charge is 2.34. The van der Waals surface area contributed by atoms with Crippen LogP contribution in [0.15, 0.2) is 18.2 Å². The van der Waals surface area contributed by atoms with Crippen molar-refractivity contribution in [1.82, 2.24) is 0 Å². The van der Waals surface area contributed by atoms with Crippen molar-refractivity contribution in [1.29, 1.82) is 0 Å². The van der Waals surface area contributed by atoms with E-state index in [9.17, 15) is 14.9 Å². The lowest BCUT2D eigenvalue weighted by Gasteiger charge is -2.21. The van der Waals surface area contributed by atoms with Gasteiger partial charge in [0.05, 0.1) is 11.5 Å². The number of ether oxygens (including phenoxy) is 1. The molecule has 1 aromatic rings. The molecule has 0 unspecified atom stereocenters. The van der Waals surface area contributed by atoms with Crippen LogP contribution in [0.3, 0.4) is 0 Å². The standard InChI is InChI=1S/C11H11ClN2O5/c1-6-13(5-10(19-6)11(15)16)7-2-3-9(14(17)18)8(12)4-7/h2-4,6,10H,5H2,1H3,(H,15,16)/t6-,10+/m1/s1. The zero-order valence-electron chi connectivity index (χ0n) is 9.95. The minimum absolute atomic E-state index is 0.00785. The first-order valence-electron chi connectivity index (χ1n) is 5.49. The molecule has 2 atom stereocenters. The third-order valence-corrected chi connectivity index (χ3v) is 3.20. The fourth-order valence-corrected chi connectivity index (χ4v) is 2.20. The molecule has 7 nitrogen and oxygen atoms in total. The number of aliphatic carboxylic acids is 1. The highest BCUT2D eigenvalue weighted by molar-refractivity contribution is 6.32. The van der Waals surface area contributed by atoms with Gasteiger partial charge in [0.25, 0.3) is 5.69 Å². The van der Waals surface area contributed by atoms with Crippen LogP contribution in [-0.4, -0.2) is 34.9 Å². The number of carboxylic acids is 1. The first-order valence-corrected chi connectivity index (χ1v) is 5.87. The van der Waals surface area contributed by atoms with Gasteiger partial charge < -0.3 is 14.7 Å². The van der Waals surface area contributed by atoms with E-state index in [4.69, 9.17) is 21.4 Å². The Bertz CT molecular complexity index is 536. The zero-order valence-corrected chi connectivity index (χ0v) is 10.7. The van der Waals surface area contributed by atoms with Gasteiger partial charge in [-0.25, -0.2) is 4.79 Å². The van der Waals surface area contributed by atoms with E-state index in [1.165, 1.54) is 18.2 Å². The Hall–Kier alpha value is -1.86. The van der Waals surface area contributed by atoms with E-state index < -0.39 is 23.2 Å². The molecular formula is C11H11ClN2O5. The fraction of sp³-hybridized carbons (Fsp3) is 0.364. The molecule has 1 heterocycles. The van der Waals surface area contributed by atoms with Gasteiger partial charge >= 0.3 is 5.97 Å². The van der Waals surface area contributed by atoms with Gasteiger partial charge in [-0.2, -0.15) is 0 Å². The fourth-order valence-electron chi connectivity index (χ4n) is 1.96. The molecule has 8 heteroatoms. The Labute approximate surface area is 113 Å². The van der Waals surface area contributed by atoms with Gasteiger partial charge in [-0.3, -0.25) is 10.1 Å². The summed E-state index contributed by atoms with van der Waals surface area (Å²) in [6.07, 6.45) is -1.34. The molecule has 2 rings (SSSR count). The van der Waals surface area contributed by atoms with Crippen molar-refractivity contribution in [3.63, 3.8) is 0 Å². The van der Waals surface area contributed by atoms with Crippen molar-refractivity contribution in [2.24, 2.45) is 0 Å². The van der Waals surface area contributed by atoms with Crippen LogP contribution < -0.4 is 4.90 Å². The second-order valence-corrected chi connectivity index (χ2v) is 4.51. The Morgan fingerprint density at radius 1 is 1.63 bits per heavy atom. The van der Waals surface area contributed by atoms with Crippen LogP contribution in [0.2, 0.25) is 5.02 Å². The van der Waals surface area contributed by atoms with Gasteiger partial charge in [-0.1, -0.05) is 11.6 Å². The Kier molecular flexibility index (Phi) is 3.59. The summed E-state index contributed by atoms with van der Waals surface area (Å²) in [4.78, 5) is 22.6. The summed E-state index contributed by atoms with van der Waals surface area (Å²) in [7, 11) is 0. The number of anilines is 1. The lowest BCUT2D eigenvalue weighted by Crippen LogP contribution is -2.28. The average Bonchev–Trinajstić information content (AvgIpc) is 2.71. The minimum atomic E-state index is -1.04. The monoisotopic (exact) mass is 286 g/mol. The van der Waals surface area contributed by atoms with Crippen LogP contribution in [0.4, 0.5) is 11.4 Å². The van der Waals surface area contributed by atoms with E-state index in [1.54, 1.807) is 11.8 Å². The molecule has 1 N–H and O–H groups in total. The van der Waals surface area contributed by atoms with Gasteiger partial charge in [-0.15, -0.1) is 0 Å². The summed E-state index contributed by atoms with van der Waals surface area (Å²) in [6.45, 7) is 1.88. The number of hydrogen-bond acceptors (Lipinski definition) is 5. The summed E-state index contributed by atoms with van der Waals surface area (Å²) < 4.78 is 5.26. The lowest BCUT2D eigenvalue weighted by molar-refractivity contribution is -0.384. The molecule has 1 aliphatic rings. The molecule has 0 aromatic heterocycles. The second-order valence-electron chi connectivity index (χ2n) is 4.11. The molecule has 0 aliphatic carbocycles. The Morgan fingerprint density at radius 2 is 2.32 bits per heavy atom. The molecule has 0 bridgehead atoms. The van der Waals surface area contributed by atoms with Gasteiger partial charge in [0, 0.05) is 11.8 Å². The smallest absolute Gasteiger partial charge is 0.334 e. The third-order valence-electron chi connectivity index (χ3n) is 2.90. The largest absolute Gasteiger partial charge is 0.479 e. The topological polar surface area (TPSA) is 92.9 Å². The highest BCUT2D eigenvalue weighted by atomic mass is 35.5. The maximum Gasteiger partial charge on any atom is 0.334 e. The van der Waals surface area contributed by atoms with E-state index in [0.717, 1.165) is 0 Å². The third kappa shape index (κ3) is 2.61. The summed E-state index contributed by atoms with van der Waals surface area (Å²) in [5.41, 5.74) is 0.403. The molecule has 0 saturated carbocycles. The summed E-state index contributed by atoms with van der Waals surface area (Å²) >= 11 is 5.82. The van der Waals surface area contributed by atoms with Crippen molar-refractivity contribution in [3.8, 4) is 0 Å². The van der Waals surface area contributed by atoms with Crippen LogP contribution in [0.1, 0.15) is 6.92 Å². The maximum atomic E-state index is 10.9. The normalized spacial score (nSPS) is 22.5. The number of halogens is 1. The first-order chi connectivity index (χ1) is 8.90. The number of nitrogens with zero attached hydrogens (tertiary/aromatic N) is 2. The molecule has 1 aliphatic heterocycles. The molecule has 19 heavy (non-hydrogen) atoms. The molecule has 1 fully saturated rings. The van der Waals surface area contributed by atoms with Crippen LogP contribution in [0, 0.1) is 10.1 Å². The number of nitro groups is 1. The quantitative estimate of drug-likeness (QED) is 0.673. The van der Waals surface area contributed by atoms with Crippen LogP contribution in [0.25, 0.3) is 0 Å². The van der Waals surface area contributed by atoms with Crippen molar-refractivity contribution in [3.05, 3.63) is 33.3 Å². The summed E-state index contributed by atoms with van der Waals surface area (Å²) in [5.74, 6) is -1.04. The predicted molar refractivity (Wildman–Crippen MR) is 67.4 cm³/mol. The van der Waals surface area contributed by atoms with Gasteiger partial charge in [0.2, 0.25) is 0 Å². The van der Waals surface area contributed by atoms with E-state index in [-0.39, 0.29) is 17.3 Å². The first kappa shape index (κ1) is 13.6. The predicted octanol–water partition coefficient (Wildman–Crippen LogP) is 1.88. The molecule has 1 saturated heterocycles. The molecule has 1 aromatic carbocycles. The van der Waals surface area contributed by atoms with Gasteiger partial charge in [-0.05, 0) is 19.1 Å².